The minimum atomic E-state index is -1.26. The molecule has 3 rings (SSSR count). The lowest BCUT2D eigenvalue weighted by molar-refractivity contribution is 0.281. The molecule has 3 aromatic rings. The molecule has 0 saturated heterocycles. The second-order valence-corrected chi connectivity index (χ2v) is 7.09. The van der Waals surface area contributed by atoms with Gasteiger partial charge >= 0.3 is 0 Å². The Hall–Kier alpha value is -2.88. The molecule has 0 fully saturated rings. The second kappa shape index (κ2) is 10.5. The van der Waals surface area contributed by atoms with Crippen LogP contribution in [-0.4, -0.2) is 31.8 Å². The molecule has 1 aromatic carbocycles. The maximum Gasteiger partial charge on any atom is 0.192 e. The average Bonchev–Trinajstić information content (AvgIpc) is 2.71. The Morgan fingerprint density at radius 1 is 1.21 bits per heavy atom. The first-order chi connectivity index (χ1) is 13.5. The van der Waals surface area contributed by atoms with E-state index in [1.807, 2.05) is 26.0 Å². The van der Waals surface area contributed by atoms with Crippen molar-refractivity contribution in [3.8, 4) is 0 Å². The SMILES string of the molecule is CCNS(=O)c1ccc2c(C)cnc(N=C(N)N)c2c1.OCc1ccncc1. The van der Waals surface area contributed by atoms with Gasteiger partial charge < -0.3 is 16.6 Å². The van der Waals surface area contributed by atoms with Crippen LogP contribution in [-0.2, 0) is 17.6 Å². The summed E-state index contributed by atoms with van der Waals surface area (Å²) in [5, 5.41) is 10.3. The highest BCUT2D eigenvalue weighted by molar-refractivity contribution is 7.83. The summed E-state index contributed by atoms with van der Waals surface area (Å²) in [6.07, 6.45) is 5.03. The van der Waals surface area contributed by atoms with Crippen molar-refractivity contribution in [2.75, 3.05) is 6.54 Å². The third kappa shape index (κ3) is 5.81. The Morgan fingerprint density at radius 3 is 2.50 bits per heavy atom. The summed E-state index contributed by atoms with van der Waals surface area (Å²) in [6, 6.07) is 9.09. The Labute approximate surface area is 166 Å². The zero-order valence-corrected chi connectivity index (χ0v) is 16.6. The van der Waals surface area contributed by atoms with Crippen LogP contribution < -0.4 is 16.2 Å². The summed E-state index contributed by atoms with van der Waals surface area (Å²) in [5.41, 5.74) is 12.7. The third-order valence-electron chi connectivity index (χ3n) is 3.69. The molecule has 9 heteroatoms. The predicted molar refractivity (Wildman–Crippen MR) is 112 cm³/mol. The van der Waals surface area contributed by atoms with E-state index in [9.17, 15) is 4.21 Å². The maximum absolute atomic E-state index is 12.0. The number of hydrogen-bond donors (Lipinski definition) is 4. The fraction of sp³-hybridized carbons (Fsp3) is 0.211. The minimum Gasteiger partial charge on any atom is -0.392 e. The number of aryl methyl sites for hydroxylation is 1. The smallest absolute Gasteiger partial charge is 0.192 e. The monoisotopic (exact) mass is 400 g/mol. The molecule has 0 radical (unpaired) electrons. The van der Waals surface area contributed by atoms with Gasteiger partial charge in [-0.1, -0.05) is 13.0 Å². The van der Waals surface area contributed by atoms with Crippen molar-refractivity contribution in [3.05, 3.63) is 60.0 Å². The zero-order chi connectivity index (χ0) is 20.5. The van der Waals surface area contributed by atoms with Crippen LogP contribution in [0.25, 0.3) is 10.8 Å². The highest BCUT2D eigenvalue weighted by Crippen LogP contribution is 2.28. The fourth-order valence-corrected chi connectivity index (χ4v) is 3.22. The molecule has 148 valence electrons. The summed E-state index contributed by atoms with van der Waals surface area (Å²) < 4.78 is 14.9. The van der Waals surface area contributed by atoms with Gasteiger partial charge in [0.25, 0.3) is 0 Å². The van der Waals surface area contributed by atoms with Crippen LogP contribution in [0, 0.1) is 6.92 Å². The lowest BCUT2D eigenvalue weighted by atomic mass is 10.1. The van der Waals surface area contributed by atoms with Crippen molar-refractivity contribution in [1.29, 1.82) is 0 Å². The Balaban J connectivity index is 0.000000292. The average molecular weight is 401 g/mol. The minimum absolute atomic E-state index is 0.0548. The van der Waals surface area contributed by atoms with Crippen LogP contribution >= 0.6 is 0 Å². The van der Waals surface area contributed by atoms with Crippen LogP contribution in [0.1, 0.15) is 18.1 Å². The van der Waals surface area contributed by atoms with Gasteiger partial charge in [0.2, 0.25) is 0 Å². The molecule has 2 aromatic heterocycles. The van der Waals surface area contributed by atoms with Gasteiger partial charge in [-0.15, -0.1) is 0 Å². The van der Waals surface area contributed by atoms with E-state index < -0.39 is 11.0 Å². The lowest BCUT2D eigenvalue weighted by Gasteiger charge is -2.08. The first-order valence-corrected chi connectivity index (χ1v) is 9.75. The number of guanidine groups is 1. The fourth-order valence-electron chi connectivity index (χ4n) is 2.38. The van der Waals surface area contributed by atoms with Crippen molar-refractivity contribution in [2.45, 2.75) is 25.3 Å². The molecule has 0 spiro atoms. The number of rotatable bonds is 5. The number of nitrogens with one attached hydrogen (secondary N) is 1. The highest BCUT2D eigenvalue weighted by Gasteiger charge is 2.09. The van der Waals surface area contributed by atoms with Crippen LogP contribution in [0.5, 0.6) is 0 Å². The van der Waals surface area contributed by atoms with Gasteiger partial charge in [0.1, 0.15) is 11.0 Å². The van der Waals surface area contributed by atoms with Gasteiger partial charge in [-0.25, -0.2) is 13.9 Å². The number of aliphatic hydroxyl groups excluding tert-OH is 1. The number of nitrogens with zero attached hydrogens (tertiary/aromatic N) is 3. The molecule has 1 unspecified atom stereocenters. The predicted octanol–water partition coefficient (Wildman–Crippen LogP) is 1.65. The first-order valence-electron chi connectivity index (χ1n) is 8.60. The Kier molecular flexibility index (Phi) is 8.00. The van der Waals surface area contributed by atoms with Gasteiger partial charge in [-0.3, -0.25) is 4.98 Å². The zero-order valence-electron chi connectivity index (χ0n) is 15.8. The maximum atomic E-state index is 12.0. The number of fused-ring (bicyclic) bond motifs is 1. The van der Waals surface area contributed by atoms with Crippen molar-refractivity contribution in [1.82, 2.24) is 14.7 Å². The van der Waals surface area contributed by atoms with Crippen molar-refractivity contribution < 1.29 is 9.32 Å². The van der Waals surface area contributed by atoms with Crippen LogP contribution in [0.2, 0.25) is 0 Å². The van der Waals surface area contributed by atoms with Crippen LogP contribution in [0.15, 0.2) is 58.8 Å². The van der Waals surface area contributed by atoms with Gasteiger partial charge in [-0.2, -0.15) is 4.99 Å². The van der Waals surface area contributed by atoms with Crippen LogP contribution in [0.4, 0.5) is 5.82 Å². The summed E-state index contributed by atoms with van der Waals surface area (Å²) in [6.45, 7) is 4.57. The largest absolute Gasteiger partial charge is 0.392 e. The van der Waals surface area contributed by atoms with E-state index in [0.717, 1.165) is 21.9 Å². The van der Waals surface area contributed by atoms with Crippen molar-refractivity contribution in [2.24, 2.45) is 16.5 Å². The van der Waals surface area contributed by atoms with E-state index in [-0.39, 0.29) is 12.6 Å². The van der Waals surface area contributed by atoms with Gasteiger partial charge in [0.05, 0.1) is 11.5 Å². The molecule has 0 saturated carbocycles. The van der Waals surface area contributed by atoms with E-state index in [2.05, 4.69) is 19.7 Å². The molecular formula is C19H24N6O2S. The number of nitrogens with two attached hydrogens (primary N) is 2. The number of pyridine rings is 2. The molecule has 1 atom stereocenters. The molecule has 0 amide bonds. The molecule has 0 aliphatic rings. The number of benzene rings is 1. The van der Waals surface area contributed by atoms with Gasteiger partial charge in [0.15, 0.2) is 11.8 Å². The standard InChI is InChI=1S/C13H17N5OS.C6H7NO/c1-3-17-20(19)9-4-5-10-8(2)7-16-12(11(10)6-9)18-13(14)15;8-5-6-1-3-7-4-2-6/h4-7,17H,3H2,1-2H3,(H4,14,15,16,18);1-4,8H,5H2. The molecule has 2 heterocycles. The van der Waals surface area contributed by atoms with E-state index in [1.54, 1.807) is 36.8 Å². The van der Waals surface area contributed by atoms with Crippen LogP contribution in [0.3, 0.4) is 0 Å². The van der Waals surface area contributed by atoms with E-state index in [0.29, 0.717) is 17.3 Å². The number of aliphatic hydroxyl groups is 1. The lowest BCUT2D eigenvalue weighted by Crippen LogP contribution is -2.22. The summed E-state index contributed by atoms with van der Waals surface area (Å²) in [5.74, 6) is 0.377. The number of aliphatic imine (C=N–C) groups is 1. The topological polar surface area (TPSA) is 140 Å². The number of aromatic nitrogens is 2. The molecule has 0 aliphatic carbocycles. The summed E-state index contributed by atoms with van der Waals surface area (Å²) >= 11 is 0. The summed E-state index contributed by atoms with van der Waals surface area (Å²) in [7, 11) is -1.26. The first kappa shape index (κ1) is 21.4. The van der Waals surface area contributed by atoms with Gasteiger partial charge in [0, 0.05) is 30.5 Å². The van der Waals surface area contributed by atoms with Crippen molar-refractivity contribution >= 4 is 33.5 Å². The summed E-state index contributed by atoms with van der Waals surface area (Å²) in [4.78, 5) is 12.7. The highest BCUT2D eigenvalue weighted by atomic mass is 32.2. The Morgan fingerprint density at radius 2 is 1.93 bits per heavy atom. The van der Waals surface area contributed by atoms with Gasteiger partial charge in [-0.05, 0) is 47.7 Å². The molecule has 0 bridgehead atoms. The quantitative estimate of drug-likeness (QED) is 0.379. The second-order valence-electron chi connectivity index (χ2n) is 5.79. The van der Waals surface area contributed by atoms with E-state index >= 15 is 0 Å². The molecule has 6 N–H and O–H groups in total. The number of hydrogen-bond acceptors (Lipinski definition) is 5. The molecular weight excluding hydrogens is 376 g/mol. The third-order valence-corrected chi connectivity index (χ3v) is 4.93. The van der Waals surface area contributed by atoms with Crippen molar-refractivity contribution in [3.63, 3.8) is 0 Å². The van der Waals surface area contributed by atoms with E-state index in [1.165, 1.54) is 0 Å². The van der Waals surface area contributed by atoms with E-state index in [4.69, 9.17) is 16.6 Å². The molecule has 0 aliphatic heterocycles. The normalized spacial score (nSPS) is 11.4. The molecule has 8 nitrogen and oxygen atoms in total. The Bertz CT molecular complexity index is 975. The molecule has 28 heavy (non-hydrogen) atoms.